The molecule has 1 saturated carbocycles. The van der Waals surface area contributed by atoms with Gasteiger partial charge in [0.05, 0.1) is 10.7 Å². The van der Waals surface area contributed by atoms with E-state index in [-0.39, 0.29) is 0 Å². The molecule has 1 fully saturated rings. The molecule has 28 heavy (non-hydrogen) atoms. The van der Waals surface area contributed by atoms with Crippen LogP contribution in [0.3, 0.4) is 0 Å². The third kappa shape index (κ3) is 4.47. The van der Waals surface area contributed by atoms with Gasteiger partial charge in [-0.2, -0.15) is 0 Å². The Hall–Kier alpha value is -1.72. The molecule has 1 aromatic carbocycles. The number of aryl methyl sites for hydroxylation is 1. The number of nitrogens with one attached hydrogen (secondary N) is 1. The molecule has 2 aliphatic rings. The Kier molecular flexibility index (Phi) is 6.12. The van der Waals surface area contributed by atoms with Gasteiger partial charge in [-0.3, -0.25) is 4.79 Å². The number of nitrogens with zero attached hydrogens (tertiary/aromatic N) is 1. The Balaban J connectivity index is 1.45. The molecule has 1 aliphatic heterocycles. The number of hydrogen-bond donors (Lipinski definition) is 2. The van der Waals surface area contributed by atoms with E-state index in [1.165, 1.54) is 27.3 Å². The first-order valence-electron chi connectivity index (χ1n) is 10.6. The topological polar surface area (TPSA) is 62.2 Å². The van der Waals surface area contributed by atoms with Crippen LogP contribution in [0.1, 0.15) is 66.1 Å². The number of aliphatic carboxylic acids is 1. The van der Waals surface area contributed by atoms with Crippen LogP contribution < -0.4 is 5.32 Å². The van der Waals surface area contributed by atoms with Gasteiger partial charge in [0.25, 0.3) is 0 Å². The molecule has 0 atom stereocenters. The SMILES string of the molecule is Cc1cc2c(cc1-c1csc(C3CCC(CCC(=O)O)CC3)n1)CCNCC2. The molecule has 5 heteroatoms. The van der Waals surface area contributed by atoms with Crippen molar-refractivity contribution in [3.05, 3.63) is 39.2 Å². The predicted molar refractivity (Wildman–Crippen MR) is 114 cm³/mol. The molecule has 0 spiro atoms. The summed E-state index contributed by atoms with van der Waals surface area (Å²) in [5, 5.41) is 15.9. The summed E-state index contributed by atoms with van der Waals surface area (Å²) in [5.74, 6) is 0.455. The standard InChI is InChI=1S/C23H30N2O2S/c1-15-12-18-8-10-24-11-9-19(18)13-20(15)21-14-28-23(25-21)17-5-2-16(3-6-17)4-7-22(26)27/h12-14,16-17,24H,2-11H2,1H3,(H,26,27). The fourth-order valence-corrected chi connectivity index (χ4v) is 5.74. The molecule has 0 bridgehead atoms. The predicted octanol–water partition coefficient (Wildman–Crippen LogP) is 4.95. The number of benzene rings is 1. The molecule has 150 valence electrons. The van der Waals surface area contributed by atoms with Crippen LogP contribution in [-0.4, -0.2) is 29.1 Å². The third-order valence-corrected chi connectivity index (χ3v) is 7.46. The molecule has 1 aromatic heterocycles. The van der Waals surface area contributed by atoms with Gasteiger partial charge in [0.2, 0.25) is 0 Å². The Morgan fingerprint density at radius 3 is 2.61 bits per heavy atom. The number of carbonyl (C=O) groups is 1. The lowest BCUT2D eigenvalue weighted by atomic mass is 9.80. The third-order valence-electron chi connectivity index (χ3n) is 6.45. The van der Waals surface area contributed by atoms with Crippen molar-refractivity contribution in [3.63, 3.8) is 0 Å². The number of aromatic nitrogens is 1. The molecule has 1 aliphatic carbocycles. The Bertz CT molecular complexity index is 837. The molecule has 0 amide bonds. The van der Waals surface area contributed by atoms with Crippen molar-refractivity contribution in [2.75, 3.05) is 13.1 Å². The van der Waals surface area contributed by atoms with Crippen LogP contribution in [0.15, 0.2) is 17.5 Å². The van der Waals surface area contributed by atoms with Crippen molar-refractivity contribution >= 4 is 17.3 Å². The van der Waals surface area contributed by atoms with Gasteiger partial charge in [-0.15, -0.1) is 11.3 Å². The van der Waals surface area contributed by atoms with E-state index in [9.17, 15) is 4.79 Å². The lowest BCUT2D eigenvalue weighted by Crippen LogP contribution is -2.16. The highest BCUT2D eigenvalue weighted by Crippen LogP contribution is 2.40. The molecule has 4 rings (SSSR count). The van der Waals surface area contributed by atoms with Crippen molar-refractivity contribution in [2.45, 2.75) is 64.2 Å². The Labute approximate surface area is 171 Å². The fourth-order valence-electron chi connectivity index (χ4n) is 4.75. The largest absolute Gasteiger partial charge is 0.481 e. The van der Waals surface area contributed by atoms with E-state index in [1.807, 2.05) is 0 Å². The first-order valence-corrected chi connectivity index (χ1v) is 11.5. The van der Waals surface area contributed by atoms with Gasteiger partial charge in [0, 0.05) is 23.3 Å². The molecule has 2 aromatic rings. The maximum absolute atomic E-state index is 10.8. The maximum atomic E-state index is 10.8. The summed E-state index contributed by atoms with van der Waals surface area (Å²) in [6, 6.07) is 4.74. The van der Waals surface area contributed by atoms with Gasteiger partial charge in [-0.25, -0.2) is 4.98 Å². The number of rotatable bonds is 5. The second-order valence-electron chi connectivity index (χ2n) is 8.41. The molecule has 0 radical (unpaired) electrons. The van der Waals surface area contributed by atoms with Gasteiger partial charge in [0.15, 0.2) is 0 Å². The van der Waals surface area contributed by atoms with Crippen LogP contribution in [0.2, 0.25) is 0 Å². The van der Waals surface area contributed by atoms with E-state index in [0.717, 1.165) is 63.7 Å². The Morgan fingerprint density at radius 1 is 1.18 bits per heavy atom. The first kappa shape index (κ1) is 19.6. The number of carboxylic acid groups (broad SMARTS) is 1. The zero-order valence-electron chi connectivity index (χ0n) is 16.7. The smallest absolute Gasteiger partial charge is 0.303 e. The minimum absolute atomic E-state index is 0.309. The molecule has 2 heterocycles. The number of carboxylic acids is 1. The van der Waals surface area contributed by atoms with Crippen LogP contribution in [0.4, 0.5) is 0 Å². The fraction of sp³-hybridized carbons (Fsp3) is 0.565. The summed E-state index contributed by atoms with van der Waals surface area (Å²) in [6.07, 6.45) is 7.91. The summed E-state index contributed by atoms with van der Waals surface area (Å²) in [7, 11) is 0. The highest BCUT2D eigenvalue weighted by Gasteiger charge is 2.25. The summed E-state index contributed by atoms with van der Waals surface area (Å²) in [6.45, 7) is 4.34. The van der Waals surface area contributed by atoms with E-state index in [4.69, 9.17) is 10.1 Å². The van der Waals surface area contributed by atoms with Crippen molar-refractivity contribution in [3.8, 4) is 11.3 Å². The van der Waals surface area contributed by atoms with Crippen LogP contribution in [0.5, 0.6) is 0 Å². The van der Waals surface area contributed by atoms with Gasteiger partial charge < -0.3 is 10.4 Å². The summed E-state index contributed by atoms with van der Waals surface area (Å²) in [5.41, 5.74) is 6.71. The molecule has 2 N–H and O–H groups in total. The quantitative estimate of drug-likeness (QED) is 0.748. The zero-order valence-corrected chi connectivity index (χ0v) is 17.5. The van der Waals surface area contributed by atoms with Crippen molar-refractivity contribution in [1.82, 2.24) is 10.3 Å². The minimum atomic E-state index is -0.668. The van der Waals surface area contributed by atoms with Gasteiger partial charge in [-0.05, 0) is 93.6 Å². The second kappa shape index (κ2) is 8.75. The number of fused-ring (bicyclic) bond motifs is 1. The normalized spacial score (nSPS) is 22.5. The van der Waals surface area contributed by atoms with Gasteiger partial charge >= 0.3 is 5.97 Å². The van der Waals surface area contributed by atoms with E-state index in [0.29, 0.717) is 18.3 Å². The van der Waals surface area contributed by atoms with E-state index in [1.54, 1.807) is 11.3 Å². The molecule has 0 saturated heterocycles. The first-order chi connectivity index (χ1) is 13.6. The lowest BCUT2D eigenvalue weighted by Gasteiger charge is -2.26. The summed E-state index contributed by atoms with van der Waals surface area (Å²) >= 11 is 1.80. The lowest BCUT2D eigenvalue weighted by molar-refractivity contribution is -0.137. The number of hydrogen-bond acceptors (Lipinski definition) is 4. The van der Waals surface area contributed by atoms with E-state index < -0.39 is 5.97 Å². The molecular formula is C23H30N2O2S. The molecule has 0 unspecified atom stereocenters. The highest BCUT2D eigenvalue weighted by molar-refractivity contribution is 7.10. The minimum Gasteiger partial charge on any atom is -0.481 e. The molecular weight excluding hydrogens is 368 g/mol. The van der Waals surface area contributed by atoms with Crippen LogP contribution >= 0.6 is 11.3 Å². The zero-order chi connectivity index (χ0) is 19.5. The monoisotopic (exact) mass is 398 g/mol. The Morgan fingerprint density at radius 2 is 1.89 bits per heavy atom. The van der Waals surface area contributed by atoms with Crippen molar-refractivity contribution in [1.29, 1.82) is 0 Å². The summed E-state index contributed by atoms with van der Waals surface area (Å²) < 4.78 is 0. The highest BCUT2D eigenvalue weighted by atomic mass is 32.1. The molecule has 4 nitrogen and oxygen atoms in total. The average molecular weight is 399 g/mol. The van der Waals surface area contributed by atoms with E-state index in [2.05, 4.69) is 29.8 Å². The van der Waals surface area contributed by atoms with Crippen LogP contribution in [-0.2, 0) is 17.6 Å². The second-order valence-corrected chi connectivity index (χ2v) is 9.30. The van der Waals surface area contributed by atoms with E-state index >= 15 is 0 Å². The van der Waals surface area contributed by atoms with Gasteiger partial charge in [-0.1, -0.05) is 6.07 Å². The summed E-state index contributed by atoms with van der Waals surface area (Å²) in [4.78, 5) is 15.8. The van der Waals surface area contributed by atoms with Gasteiger partial charge in [0.1, 0.15) is 0 Å². The van der Waals surface area contributed by atoms with Crippen molar-refractivity contribution < 1.29 is 9.90 Å². The number of thiazole rings is 1. The average Bonchev–Trinajstić information content (AvgIpc) is 3.06. The van der Waals surface area contributed by atoms with Crippen molar-refractivity contribution in [2.24, 2.45) is 5.92 Å². The van der Waals surface area contributed by atoms with Crippen LogP contribution in [0, 0.1) is 12.8 Å². The maximum Gasteiger partial charge on any atom is 0.303 e. The van der Waals surface area contributed by atoms with Crippen LogP contribution in [0.25, 0.3) is 11.3 Å².